The zero-order chi connectivity index (χ0) is 11.1. The lowest BCUT2D eigenvalue weighted by molar-refractivity contribution is 0.0777. The average molecular weight is 278 g/mol. The predicted octanol–water partition coefficient (Wildman–Crippen LogP) is 2.64. The Morgan fingerprint density at radius 3 is 2.87 bits per heavy atom. The van der Waals surface area contributed by atoms with Crippen molar-refractivity contribution in [3.8, 4) is 0 Å². The molecule has 2 nitrogen and oxygen atoms in total. The molecule has 1 aliphatic heterocycles. The monoisotopic (exact) mass is 277 g/mol. The number of aliphatic hydroxyl groups excluding tert-OH is 1. The molecular formula is C12H24BrNO. The van der Waals surface area contributed by atoms with E-state index in [2.05, 4.69) is 27.8 Å². The van der Waals surface area contributed by atoms with E-state index in [1.807, 2.05) is 0 Å². The Morgan fingerprint density at radius 1 is 1.47 bits per heavy atom. The maximum absolute atomic E-state index is 9.32. The molecule has 1 fully saturated rings. The molecule has 1 rings (SSSR count). The Balaban J connectivity index is 2.38. The fourth-order valence-electron chi connectivity index (χ4n) is 2.46. The Labute approximate surface area is 102 Å². The first-order valence-corrected chi connectivity index (χ1v) is 7.34. The van der Waals surface area contributed by atoms with Crippen LogP contribution < -0.4 is 0 Å². The standard InChI is InChI=1S/C12H24BrNO/c1-2-5-11(8-13)9-14-7-4-3-6-12(14)10-15/h11-12,15H,2-10H2,1H3. The van der Waals surface area contributed by atoms with Crippen LogP contribution >= 0.6 is 15.9 Å². The quantitative estimate of drug-likeness (QED) is 0.755. The number of rotatable bonds is 6. The maximum atomic E-state index is 9.32. The van der Waals surface area contributed by atoms with Gasteiger partial charge in [0.25, 0.3) is 0 Å². The second kappa shape index (κ2) is 7.64. The number of halogens is 1. The fourth-order valence-corrected chi connectivity index (χ4v) is 2.99. The average Bonchev–Trinajstić information content (AvgIpc) is 2.29. The van der Waals surface area contributed by atoms with Crippen LogP contribution in [0.3, 0.4) is 0 Å². The SMILES string of the molecule is CCCC(CBr)CN1CCCCC1CO. The molecule has 2 atom stereocenters. The van der Waals surface area contributed by atoms with E-state index in [4.69, 9.17) is 0 Å². The van der Waals surface area contributed by atoms with Crippen LogP contribution in [0.1, 0.15) is 39.0 Å². The van der Waals surface area contributed by atoms with E-state index in [9.17, 15) is 5.11 Å². The van der Waals surface area contributed by atoms with Crippen molar-refractivity contribution in [2.24, 2.45) is 5.92 Å². The van der Waals surface area contributed by atoms with Crippen LogP contribution in [0, 0.1) is 5.92 Å². The molecule has 0 amide bonds. The number of hydrogen-bond acceptors (Lipinski definition) is 2. The summed E-state index contributed by atoms with van der Waals surface area (Å²) in [7, 11) is 0. The molecule has 1 saturated heterocycles. The Kier molecular flexibility index (Phi) is 6.86. The molecule has 0 aromatic heterocycles. The molecule has 1 aliphatic rings. The first kappa shape index (κ1) is 13.5. The number of nitrogens with zero attached hydrogens (tertiary/aromatic N) is 1. The van der Waals surface area contributed by atoms with Crippen LogP contribution in [-0.4, -0.2) is 41.1 Å². The van der Waals surface area contributed by atoms with Crippen molar-refractivity contribution >= 4 is 15.9 Å². The van der Waals surface area contributed by atoms with Gasteiger partial charge in [0.05, 0.1) is 6.61 Å². The van der Waals surface area contributed by atoms with Crippen LogP contribution in [0.25, 0.3) is 0 Å². The summed E-state index contributed by atoms with van der Waals surface area (Å²) >= 11 is 3.60. The molecule has 15 heavy (non-hydrogen) atoms. The van der Waals surface area contributed by atoms with E-state index in [0.29, 0.717) is 12.6 Å². The Hall–Kier alpha value is 0.400. The van der Waals surface area contributed by atoms with Gasteiger partial charge in [-0.3, -0.25) is 4.90 Å². The zero-order valence-corrected chi connectivity index (χ0v) is 11.4. The molecule has 0 bridgehead atoms. The zero-order valence-electron chi connectivity index (χ0n) is 9.79. The molecule has 3 heteroatoms. The van der Waals surface area contributed by atoms with Crippen molar-refractivity contribution in [2.45, 2.75) is 45.1 Å². The third-order valence-corrected chi connectivity index (χ3v) is 4.28. The second-order valence-corrected chi connectivity index (χ2v) is 5.28. The van der Waals surface area contributed by atoms with E-state index >= 15 is 0 Å². The van der Waals surface area contributed by atoms with E-state index in [1.165, 1.54) is 38.6 Å². The van der Waals surface area contributed by atoms with Gasteiger partial charge in [-0.05, 0) is 31.7 Å². The molecule has 0 aliphatic carbocycles. The molecule has 0 spiro atoms. The number of aliphatic hydroxyl groups is 1. The summed E-state index contributed by atoms with van der Waals surface area (Å²) in [6, 6.07) is 0.428. The van der Waals surface area contributed by atoms with Crippen LogP contribution in [0.15, 0.2) is 0 Å². The number of hydrogen-bond donors (Lipinski definition) is 1. The third kappa shape index (κ3) is 4.41. The minimum absolute atomic E-state index is 0.334. The Morgan fingerprint density at radius 2 is 2.27 bits per heavy atom. The van der Waals surface area contributed by atoms with E-state index < -0.39 is 0 Å². The van der Waals surface area contributed by atoms with Gasteiger partial charge in [-0.1, -0.05) is 35.7 Å². The summed E-state index contributed by atoms with van der Waals surface area (Å²) in [6.07, 6.45) is 6.32. The van der Waals surface area contributed by atoms with Crippen molar-refractivity contribution in [1.82, 2.24) is 4.90 Å². The van der Waals surface area contributed by atoms with E-state index in [-0.39, 0.29) is 0 Å². The first-order valence-electron chi connectivity index (χ1n) is 6.22. The number of alkyl halides is 1. The van der Waals surface area contributed by atoms with Gasteiger partial charge in [0, 0.05) is 17.9 Å². The van der Waals surface area contributed by atoms with Crippen molar-refractivity contribution in [3.05, 3.63) is 0 Å². The van der Waals surface area contributed by atoms with Gasteiger partial charge < -0.3 is 5.11 Å². The summed E-state index contributed by atoms with van der Waals surface area (Å²) in [6.45, 7) is 4.92. The molecule has 0 saturated carbocycles. The van der Waals surface area contributed by atoms with Gasteiger partial charge >= 0.3 is 0 Å². The van der Waals surface area contributed by atoms with Crippen molar-refractivity contribution in [2.75, 3.05) is 25.0 Å². The van der Waals surface area contributed by atoms with Crippen LogP contribution in [0.4, 0.5) is 0 Å². The van der Waals surface area contributed by atoms with Gasteiger partial charge in [0.15, 0.2) is 0 Å². The molecule has 0 radical (unpaired) electrons. The summed E-state index contributed by atoms with van der Waals surface area (Å²) in [5, 5.41) is 10.4. The highest BCUT2D eigenvalue weighted by molar-refractivity contribution is 9.09. The molecule has 0 aromatic carbocycles. The highest BCUT2D eigenvalue weighted by Crippen LogP contribution is 2.20. The second-order valence-electron chi connectivity index (χ2n) is 4.64. The summed E-state index contributed by atoms with van der Waals surface area (Å²) in [4.78, 5) is 2.49. The predicted molar refractivity (Wildman–Crippen MR) is 68.5 cm³/mol. The third-order valence-electron chi connectivity index (χ3n) is 3.37. The fraction of sp³-hybridized carbons (Fsp3) is 1.00. The maximum Gasteiger partial charge on any atom is 0.0586 e. The van der Waals surface area contributed by atoms with Crippen LogP contribution in [0.5, 0.6) is 0 Å². The lowest BCUT2D eigenvalue weighted by Crippen LogP contribution is -2.44. The normalized spacial score (nSPS) is 25.4. The molecule has 90 valence electrons. The van der Waals surface area contributed by atoms with Crippen molar-refractivity contribution < 1.29 is 5.11 Å². The van der Waals surface area contributed by atoms with E-state index in [0.717, 1.165) is 17.8 Å². The number of piperidine rings is 1. The number of likely N-dealkylation sites (tertiary alicyclic amines) is 1. The topological polar surface area (TPSA) is 23.5 Å². The molecular weight excluding hydrogens is 254 g/mol. The van der Waals surface area contributed by atoms with Gasteiger partial charge in [0.1, 0.15) is 0 Å². The highest BCUT2D eigenvalue weighted by atomic mass is 79.9. The van der Waals surface area contributed by atoms with Crippen molar-refractivity contribution in [3.63, 3.8) is 0 Å². The first-order chi connectivity index (χ1) is 7.31. The largest absolute Gasteiger partial charge is 0.395 e. The highest BCUT2D eigenvalue weighted by Gasteiger charge is 2.23. The van der Waals surface area contributed by atoms with E-state index in [1.54, 1.807) is 0 Å². The molecule has 2 unspecified atom stereocenters. The molecule has 1 heterocycles. The lowest BCUT2D eigenvalue weighted by Gasteiger charge is -2.36. The smallest absolute Gasteiger partial charge is 0.0586 e. The molecule has 1 N–H and O–H groups in total. The lowest BCUT2D eigenvalue weighted by atomic mass is 9.99. The van der Waals surface area contributed by atoms with Crippen LogP contribution in [0.2, 0.25) is 0 Å². The molecule has 0 aromatic rings. The van der Waals surface area contributed by atoms with Gasteiger partial charge in [-0.15, -0.1) is 0 Å². The van der Waals surface area contributed by atoms with Crippen molar-refractivity contribution in [1.29, 1.82) is 0 Å². The van der Waals surface area contributed by atoms with Gasteiger partial charge in [0.2, 0.25) is 0 Å². The summed E-state index contributed by atoms with van der Waals surface area (Å²) in [5.41, 5.74) is 0. The van der Waals surface area contributed by atoms with Gasteiger partial charge in [-0.25, -0.2) is 0 Å². The summed E-state index contributed by atoms with van der Waals surface area (Å²) in [5.74, 6) is 0.752. The van der Waals surface area contributed by atoms with Gasteiger partial charge in [-0.2, -0.15) is 0 Å². The summed E-state index contributed by atoms with van der Waals surface area (Å²) < 4.78 is 0. The Bertz CT molecular complexity index is 166. The minimum Gasteiger partial charge on any atom is -0.395 e. The minimum atomic E-state index is 0.334. The van der Waals surface area contributed by atoms with Crippen LogP contribution in [-0.2, 0) is 0 Å².